The highest BCUT2D eigenvalue weighted by Gasteiger charge is 2.23. The fourth-order valence-corrected chi connectivity index (χ4v) is 2.52. The molecule has 0 saturated heterocycles. The zero-order valence-corrected chi connectivity index (χ0v) is 11.7. The lowest BCUT2D eigenvalue weighted by Gasteiger charge is -2.12. The van der Waals surface area contributed by atoms with Crippen molar-refractivity contribution in [2.24, 2.45) is 0 Å². The van der Waals surface area contributed by atoms with Crippen LogP contribution in [0.5, 0.6) is 28.7 Å². The van der Waals surface area contributed by atoms with Gasteiger partial charge in [-0.3, -0.25) is 4.79 Å². The molecule has 0 bridgehead atoms. The first kappa shape index (κ1) is 14.5. The van der Waals surface area contributed by atoms with E-state index in [1.165, 1.54) is 6.07 Å². The van der Waals surface area contributed by atoms with E-state index >= 15 is 0 Å². The maximum absolute atomic E-state index is 12.1. The van der Waals surface area contributed by atoms with E-state index in [0.717, 1.165) is 6.07 Å². The van der Waals surface area contributed by atoms with Crippen molar-refractivity contribution in [2.45, 2.75) is 6.92 Å². The van der Waals surface area contributed by atoms with Crippen LogP contribution in [-0.2, 0) is 4.79 Å². The smallest absolute Gasteiger partial charge is 0.344 e. The Morgan fingerprint density at radius 3 is 2.35 bits per heavy atom. The maximum atomic E-state index is 12.1. The number of hydrogen-bond donors (Lipinski definition) is 4. The van der Waals surface area contributed by atoms with Crippen molar-refractivity contribution in [2.75, 3.05) is 0 Å². The number of phenolic OH excluding ortho intramolecular Hbond substituents is 4. The summed E-state index contributed by atoms with van der Waals surface area (Å²) < 4.78 is 9.70. The van der Waals surface area contributed by atoms with E-state index in [1.54, 1.807) is 6.92 Å². The lowest BCUT2D eigenvalue weighted by atomic mass is 10.0. The minimum absolute atomic E-state index is 0.0178. The molecular formula is C15H10O8. The number of carbonyl (C=O) groups is 1. The molecule has 2 aromatic carbocycles. The molecule has 8 heteroatoms. The summed E-state index contributed by atoms with van der Waals surface area (Å²) in [5.41, 5.74) is -0.912. The monoisotopic (exact) mass is 318 g/mol. The van der Waals surface area contributed by atoms with Gasteiger partial charge in [0.1, 0.15) is 0 Å². The predicted octanol–water partition coefficient (Wildman–Crippen LogP) is 1.61. The van der Waals surface area contributed by atoms with Crippen molar-refractivity contribution in [3.05, 3.63) is 28.1 Å². The second-order valence-electron chi connectivity index (χ2n) is 4.86. The average molecular weight is 318 g/mol. The summed E-state index contributed by atoms with van der Waals surface area (Å²) >= 11 is 0. The van der Waals surface area contributed by atoms with E-state index in [9.17, 15) is 30.0 Å². The molecule has 3 rings (SSSR count). The molecule has 8 nitrogen and oxygen atoms in total. The minimum Gasteiger partial charge on any atom is -0.504 e. The molecule has 0 unspecified atom stereocenters. The number of aromatic hydroxyl groups is 4. The topological polar surface area (TPSA) is 137 Å². The lowest BCUT2D eigenvalue weighted by Crippen LogP contribution is -2.03. The Hall–Kier alpha value is -3.42. The first-order valence-corrected chi connectivity index (χ1v) is 6.34. The highest BCUT2D eigenvalue weighted by molar-refractivity contribution is 6.13. The largest absolute Gasteiger partial charge is 0.504 e. The Balaban J connectivity index is 2.73. The molecule has 118 valence electrons. The van der Waals surface area contributed by atoms with Crippen LogP contribution in [0.2, 0.25) is 0 Å². The number of rotatable bonds is 2. The second kappa shape index (κ2) is 4.80. The van der Waals surface area contributed by atoms with E-state index in [2.05, 4.69) is 0 Å². The molecule has 0 fully saturated rings. The van der Waals surface area contributed by atoms with Crippen molar-refractivity contribution < 1.29 is 34.4 Å². The summed E-state index contributed by atoms with van der Waals surface area (Å²) in [6.45, 7) is 1.57. The summed E-state index contributed by atoms with van der Waals surface area (Å²) in [5.74, 6) is -3.06. The molecule has 0 amide bonds. The molecule has 0 aliphatic rings. The standard InChI is InChI=1S/C15H10O8/c1-5-2-7(17)12(20)14-9(5)10-6(15(21)23-14)3-8(18)11(19)13(10)22-4-16/h2-4,17-20H,1H3. The molecule has 0 aliphatic carbocycles. The van der Waals surface area contributed by atoms with Crippen LogP contribution in [0.1, 0.15) is 5.56 Å². The third-order valence-electron chi connectivity index (χ3n) is 3.50. The van der Waals surface area contributed by atoms with Gasteiger partial charge in [0.25, 0.3) is 6.47 Å². The van der Waals surface area contributed by atoms with Crippen LogP contribution >= 0.6 is 0 Å². The molecular weight excluding hydrogens is 308 g/mol. The van der Waals surface area contributed by atoms with Crippen LogP contribution in [0.3, 0.4) is 0 Å². The Morgan fingerprint density at radius 1 is 1.04 bits per heavy atom. The lowest BCUT2D eigenvalue weighted by molar-refractivity contribution is -0.120. The first-order valence-electron chi connectivity index (χ1n) is 6.34. The van der Waals surface area contributed by atoms with Crippen molar-refractivity contribution in [1.29, 1.82) is 0 Å². The molecule has 1 aromatic heterocycles. The molecule has 0 radical (unpaired) electrons. The molecule has 0 spiro atoms. The SMILES string of the molecule is Cc1cc(O)c(O)c2oc(=O)c3cc(O)c(O)c(OC=O)c3c12. The number of phenols is 4. The van der Waals surface area contributed by atoms with E-state index in [1.807, 2.05) is 0 Å². The van der Waals surface area contributed by atoms with Crippen molar-refractivity contribution in [3.63, 3.8) is 0 Å². The number of hydrogen-bond acceptors (Lipinski definition) is 8. The number of carbonyl (C=O) groups excluding carboxylic acids is 1. The molecule has 0 saturated carbocycles. The molecule has 23 heavy (non-hydrogen) atoms. The number of ether oxygens (including phenoxy) is 1. The van der Waals surface area contributed by atoms with Gasteiger partial charge >= 0.3 is 5.63 Å². The van der Waals surface area contributed by atoms with Gasteiger partial charge < -0.3 is 29.6 Å². The van der Waals surface area contributed by atoms with E-state index in [0.29, 0.717) is 5.56 Å². The van der Waals surface area contributed by atoms with Crippen molar-refractivity contribution in [1.82, 2.24) is 0 Å². The van der Waals surface area contributed by atoms with Gasteiger partial charge in [0, 0.05) is 10.8 Å². The van der Waals surface area contributed by atoms with E-state index in [4.69, 9.17) is 9.15 Å². The van der Waals surface area contributed by atoms with Crippen LogP contribution in [0, 0.1) is 6.92 Å². The number of aryl methyl sites for hydroxylation is 1. The quantitative estimate of drug-likeness (QED) is 0.242. The van der Waals surface area contributed by atoms with Crippen LogP contribution < -0.4 is 10.4 Å². The Morgan fingerprint density at radius 2 is 1.70 bits per heavy atom. The van der Waals surface area contributed by atoms with Gasteiger partial charge in [-0.15, -0.1) is 0 Å². The van der Waals surface area contributed by atoms with E-state index < -0.39 is 34.4 Å². The van der Waals surface area contributed by atoms with Gasteiger partial charge in [0.15, 0.2) is 22.8 Å². The first-order chi connectivity index (χ1) is 10.9. The maximum Gasteiger partial charge on any atom is 0.344 e. The zero-order chi connectivity index (χ0) is 16.9. The van der Waals surface area contributed by atoms with Gasteiger partial charge in [0.05, 0.1) is 5.39 Å². The fourth-order valence-electron chi connectivity index (χ4n) is 2.52. The third-order valence-corrected chi connectivity index (χ3v) is 3.50. The summed E-state index contributed by atoms with van der Waals surface area (Å²) in [6, 6.07) is 2.17. The van der Waals surface area contributed by atoms with Crippen LogP contribution in [0.4, 0.5) is 0 Å². The van der Waals surface area contributed by atoms with Crippen LogP contribution in [0.25, 0.3) is 21.7 Å². The summed E-state index contributed by atoms with van der Waals surface area (Å²) in [7, 11) is 0. The molecule has 4 N–H and O–H groups in total. The van der Waals surface area contributed by atoms with Gasteiger partial charge in [-0.05, 0) is 24.6 Å². The van der Waals surface area contributed by atoms with Crippen molar-refractivity contribution in [3.8, 4) is 28.7 Å². The van der Waals surface area contributed by atoms with Crippen LogP contribution in [-0.4, -0.2) is 26.9 Å². The van der Waals surface area contributed by atoms with Gasteiger partial charge in [-0.1, -0.05) is 0 Å². The normalized spacial score (nSPS) is 11.0. The summed E-state index contributed by atoms with van der Waals surface area (Å²) in [5, 5.41) is 39.1. The van der Waals surface area contributed by atoms with Crippen molar-refractivity contribution >= 4 is 28.2 Å². The Bertz CT molecular complexity index is 1030. The summed E-state index contributed by atoms with van der Waals surface area (Å²) in [6.07, 6.45) is 0. The molecule has 1 heterocycles. The van der Waals surface area contributed by atoms with Gasteiger partial charge in [-0.2, -0.15) is 0 Å². The molecule has 3 aromatic rings. The molecule has 0 atom stereocenters. The zero-order valence-electron chi connectivity index (χ0n) is 11.7. The Kier molecular flexibility index (Phi) is 3.03. The van der Waals surface area contributed by atoms with E-state index in [-0.39, 0.29) is 28.2 Å². The highest BCUT2D eigenvalue weighted by atomic mass is 16.5. The highest BCUT2D eigenvalue weighted by Crippen LogP contribution is 2.46. The van der Waals surface area contributed by atoms with Gasteiger partial charge in [0.2, 0.25) is 11.5 Å². The number of fused-ring (bicyclic) bond motifs is 3. The van der Waals surface area contributed by atoms with Gasteiger partial charge in [-0.25, -0.2) is 4.79 Å². The van der Waals surface area contributed by atoms with Crippen LogP contribution in [0.15, 0.2) is 21.3 Å². The fraction of sp³-hybridized carbons (Fsp3) is 0.0667. The molecule has 0 aliphatic heterocycles. The predicted molar refractivity (Wildman–Crippen MR) is 78.1 cm³/mol. The average Bonchev–Trinajstić information content (AvgIpc) is 2.50. The summed E-state index contributed by atoms with van der Waals surface area (Å²) in [4.78, 5) is 22.8. The number of benzene rings is 2. The third kappa shape index (κ3) is 1.92. The minimum atomic E-state index is -0.959. The second-order valence-corrected chi connectivity index (χ2v) is 4.86. The Labute approximate surface area is 127 Å².